The van der Waals surface area contributed by atoms with Crippen molar-refractivity contribution in [1.29, 1.82) is 0 Å². The third-order valence-electron chi connectivity index (χ3n) is 3.40. The minimum atomic E-state index is 0.490. The van der Waals surface area contributed by atoms with Gasteiger partial charge in [0.25, 0.3) is 0 Å². The minimum absolute atomic E-state index is 0.490. The van der Waals surface area contributed by atoms with Crippen LogP contribution in [0.25, 0.3) is 0 Å². The summed E-state index contributed by atoms with van der Waals surface area (Å²) in [6, 6.07) is 1.03. The van der Waals surface area contributed by atoms with E-state index in [0.29, 0.717) is 12.1 Å². The van der Waals surface area contributed by atoms with Crippen molar-refractivity contribution in [1.82, 2.24) is 10.3 Å². The van der Waals surface area contributed by atoms with Crippen LogP contribution in [0.3, 0.4) is 0 Å². The van der Waals surface area contributed by atoms with Gasteiger partial charge in [0.1, 0.15) is 0 Å². The Kier molecular flexibility index (Phi) is 8.11. The maximum Gasteiger partial charge on any atom is 0.185 e. The second-order valence-corrected chi connectivity index (χ2v) is 6.15. The first-order valence-corrected chi connectivity index (χ1v) is 8.43. The summed E-state index contributed by atoms with van der Waals surface area (Å²) >= 11 is 1.74. The molecule has 4 nitrogen and oxygen atoms in total. The zero-order valence-electron chi connectivity index (χ0n) is 13.5. The molecule has 116 valence electrons. The van der Waals surface area contributed by atoms with Crippen molar-refractivity contribution in [2.75, 3.05) is 25.2 Å². The zero-order valence-corrected chi connectivity index (χ0v) is 14.3. The van der Waals surface area contributed by atoms with Crippen LogP contribution in [0.2, 0.25) is 0 Å². The van der Waals surface area contributed by atoms with Gasteiger partial charge in [-0.15, -0.1) is 11.3 Å². The fraction of sp³-hybridized carbons (Fsp3) is 0.800. The van der Waals surface area contributed by atoms with Crippen LogP contribution < -0.4 is 10.2 Å². The highest BCUT2D eigenvalue weighted by Gasteiger charge is 2.18. The Hall–Kier alpha value is -0.650. The number of rotatable bonds is 10. The summed E-state index contributed by atoms with van der Waals surface area (Å²) in [6.07, 6.45) is 2.28. The van der Waals surface area contributed by atoms with Crippen LogP contribution in [-0.2, 0) is 11.3 Å². The van der Waals surface area contributed by atoms with E-state index in [-0.39, 0.29) is 0 Å². The lowest BCUT2D eigenvalue weighted by atomic mass is 10.1. The van der Waals surface area contributed by atoms with E-state index in [4.69, 9.17) is 9.72 Å². The van der Waals surface area contributed by atoms with Crippen molar-refractivity contribution in [3.63, 3.8) is 0 Å². The van der Waals surface area contributed by atoms with Crippen LogP contribution >= 0.6 is 11.3 Å². The van der Waals surface area contributed by atoms with E-state index >= 15 is 0 Å². The number of aromatic nitrogens is 1. The van der Waals surface area contributed by atoms with Gasteiger partial charge in [-0.1, -0.05) is 27.7 Å². The SMILES string of the molecule is CCC(CC)N(CCOC)c1nc(CNC(C)C)cs1. The van der Waals surface area contributed by atoms with Gasteiger partial charge in [0.15, 0.2) is 5.13 Å². The van der Waals surface area contributed by atoms with Crippen LogP contribution in [0, 0.1) is 0 Å². The lowest BCUT2D eigenvalue weighted by molar-refractivity contribution is 0.202. The van der Waals surface area contributed by atoms with Crippen LogP contribution in [0.15, 0.2) is 5.38 Å². The van der Waals surface area contributed by atoms with Gasteiger partial charge in [-0.05, 0) is 12.8 Å². The summed E-state index contributed by atoms with van der Waals surface area (Å²) < 4.78 is 5.24. The molecule has 0 spiro atoms. The van der Waals surface area contributed by atoms with Crippen molar-refractivity contribution < 1.29 is 4.74 Å². The summed E-state index contributed by atoms with van der Waals surface area (Å²) in [6.45, 7) is 11.3. The van der Waals surface area contributed by atoms with Crippen LogP contribution in [-0.4, -0.2) is 37.3 Å². The molecule has 20 heavy (non-hydrogen) atoms. The average Bonchev–Trinajstić information content (AvgIpc) is 2.90. The van der Waals surface area contributed by atoms with Crippen LogP contribution in [0.4, 0.5) is 5.13 Å². The van der Waals surface area contributed by atoms with Crippen molar-refractivity contribution in [2.24, 2.45) is 0 Å². The molecule has 1 rings (SSSR count). The summed E-state index contributed by atoms with van der Waals surface area (Å²) in [5.41, 5.74) is 1.13. The molecule has 1 N–H and O–H groups in total. The maximum atomic E-state index is 5.24. The van der Waals surface area contributed by atoms with Gasteiger partial charge in [0.2, 0.25) is 0 Å². The van der Waals surface area contributed by atoms with Gasteiger partial charge in [-0.3, -0.25) is 0 Å². The van der Waals surface area contributed by atoms with Gasteiger partial charge >= 0.3 is 0 Å². The van der Waals surface area contributed by atoms with Crippen molar-refractivity contribution in [3.8, 4) is 0 Å². The summed E-state index contributed by atoms with van der Waals surface area (Å²) in [4.78, 5) is 7.17. The number of nitrogens with one attached hydrogen (secondary N) is 1. The smallest absolute Gasteiger partial charge is 0.185 e. The predicted molar refractivity (Wildman–Crippen MR) is 87.7 cm³/mol. The number of thiazole rings is 1. The monoisotopic (exact) mass is 299 g/mol. The second-order valence-electron chi connectivity index (χ2n) is 5.31. The van der Waals surface area contributed by atoms with E-state index in [1.807, 2.05) is 0 Å². The fourth-order valence-electron chi connectivity index (χ4n) is 2.17. The lowest BCUT2D eigenvalue weighted by Crippen LogP contribution is -2.37. The second kappa shape index (κ2) is 9.32. The molecule has 0 aliphatic heterocycles. The summed E-state index contributed by atoms with van der Waals surface area (Å²) in [7, 11) is 1.75. The van der Waals surface area contributed by atoms with Crippen LogP contribution in [0.1, 0.15) is 46.2 Å². The Morgan fingerprint density at radius 2 is 2.05 bits per heavy atom. The van der Waals surface area contributed by atoms with Gasteiger partial charge in [-0.25, -0.2) is 4.98 Å². The van der Waals surface area contributed by atoms with Crippen molar-refractivity contribution in [2.45, 2.75) is 59.2 Å². The summed E-state index contributed by atoms with van der Waals surface area (Å²) in [5.74, 6) is 0. The number of nitrogens with zero attached hydrogens (tertiary/aromatic N) is 2. The molecule has 0 saturated heterocycles. The molecule has 0 aliphatic rings. The molecule has 1 heterocycles. The first-order chi connectivity index (χ1) is 9.62. The first kappa shape index (κ1) is 17.4. The number of hydrogen-bond donors (Lipinski definition) is 1. The van der Waals surface area contributed by atoms with Crippen molar-refractivity contribution in [3.05, 3.63) is 11.1 Å². The first-order valence-electron chi connectivity index (χ1n) is 7.55. The Labute approximate surface area is 127 Å². The highest BCUT2D eigenvalue weighted by Crippen LogP contribution is 2.24. The molecule has 1 aromatic rings. The third-order valence-corrected chi connectivity index (χ3v) is 4.32. The molecule has 0 fully saturated rings. The molecule has 0 saturated carbocycles. The van der Waals surface area contributed by atoms with Gasteiger partial charge in [0, 0.05) is 37.7 Å². The molecule has 0 aromatic carbocycles. The minimum Gasteiger partial charge on any atom is -0.383 e. The van der Waals surface area contributed by atoms with E-state index in [0.717, 1.165) is 43.4 Å². The normalized spacial score (nSPS) is 11.6. The van der Waals surface area contributed by atoms with Gasteiger partial charge in [-0.2, -0.15) is 0 Å². The molecule has 1 aromatic heterocycles. The number of hydrogen-bond acceptors (Lipinski definition) is 5. The molecule has 0 bridgehead atoms. The quantitative estimate of drug-likeness (QED) is 0.719. The number of methoxy groups -OCH3 is 1. The average molecular weight is 299 g/mol. The Balaban J connectivity index is 2.74. The van der Waals surface area contributed by atoms with E-state index in [1.165, 1.54) is 0 Å². The molecule has 0 radical (unpaired) electrons. The molecule has 5 heteroatoms. The summed E-state index contributed by atoms with van der Waals surface area (Å²) in [5, 5.41) is 6.70. The largest absolute Gasteiger partial charge is 0.383 e. The highest BCUT2D eigenvalue weighted by molar-refractivity contribution is 7.13. The number of ether oxygens (including phenoxy) is 1. The molecule has 0 amide bonds. The molecular formula is C15H29N3OS. The molecule has 0 atom stereocenters. The van der Waals surface area contributed by atoms with Crippen LogP contribution in [0.5, 0.6) is 0 Å². The van der Waals surface area contributed by atoms with E-state index in [2.05, 4.69) is 43.3 Å². The number of anilines is 1. The lowest BCUT2D eigenvalue weighted by Gasteiger charge is -2.30. The van der Waals surface area contributed by atoms with E-state index in [9.17, 15) is 0 Å². The van der Waals surface area contributed by atoms with Gasteiger partial charge < -0.3 is 15.0 Å². The van der Waals surface area contributed by atoms with Gasteiger partial charge in [0.05, 0.1) is 12.3 Å². The maximum absolute atomic E-state index is 5.24. The van der Waals surface area contributed by atoms with E-state index < -0.39 is 0 Å². The highest BCUT2D eigenvalue weighted by atomic mass is 32.1. The fourth-order valence-corrected chi connectivity index (χ4v) is 3.09. The van der Waals surface area contributed by atoms with Crippen molar-refractivity contribution >= 4 is 16.5 Å². The zero-order chi connectivity index (χ0) is 15.0. The Morgan fingerprint density at radius 1 is 1.35 bits per heavy atom. The molecular weight excluding hydrogens is 270 g/mol. The third kappa shape index (κ3) is 5.38. The molecule has 0 unspecified atom stereocenters. The Morgan fingerprint density at radius 3 is 2.60 bits per heavy atom. The topological polar surface area (TPSA) is 37.4 Å². The Bertz CT molecular complexity index is 364. The van der Waals surface area contributed by atoms with E-state index in [1.54, 1.807) is 18.4 Å². The standard InChI is InChI=1S/C15H29N3OS/c1-6-14(7-2)18(8-9-19-5)15-17-13(11-20-15)10-16-12(3)4/h11-12,14,16H,6-10H2,1-5H3. The predicted octanol–water partition coefficient (Wildman–Crippen LogP) is 3.28. The molecule has 0 aliphatic carbocycles.